The first kappa shape index (κ1) is 93.7. The SMILES string of the molecule is Nc1nc2c(ncn2[C@@H]2O[C@@H]3COP(O)(=S)O[C@H]4[C@H](F)[C@H](n5cnc6c(N)ccnc65)O[C@@H]4COP(=O)(S)O[C@@H]2[C@@H]3F)c(=O)[nH]1.Nc1nc2c(ncn2[C@@H]2O[C@@H]3COP(O)(=S)O[C@H]4[C@H]5OC[C@]4(COP(O)(=S)O[C@@H]2C3)O[C@H]5n2cnc3c(N)ccnc32)c(=O)[nH]1.Nc1nc2c(ncn2[C@@H]2O[C@@H]3COP(O)(=S)O[C@H]4[C@H]5OC[C@]4(COP(O)(=S)O[C@@H]2C3)O[C@H]5n2cnc3c(N)ccnc32)c(=O)[nH]1. The minimum absolute atomic E-state index is 0.0111. The maximum Gasteiger partial charge on any atom is 0.386 e. The zero-order chi connectivity index (χ0) is 94.4. The largest absolute Gasteiger partial charge is 0.397 e. The summed E-state index contributed by atoms with van der Waals surface area (Å²) in [6, 6.07) is 4.76. The van der Waals surface area contributed by atoms with Crippen LogP contribution in [0.25, 0.3) is 67.0 Å². The molecular weight excluding hydrogens is 2040 g/mol. The van der Waals surface area contributed by atoms with Gasteiger partial charge in [0.2, 0.25) is 17.8 Å². The van der Waals surface area contributed by atoms with E-state index in [1.807, 2.05) is 0 Å². The predicted octanol–water partition coefficient (Wildman–Crippen LogP) is 1.14. The van der Waals surface area contributed by atoms with E-state index in [4.69, 9.17) is 186 Å². The van der Waals surface area contributed by atoms with Crippen LogP contribution in [0.3, 0.4) is 0 Å². The van der Waals surface area contributed by atoms with Gasteiger partial charge < -0.3 is 128 Å². The topological polar surface area (TPSA) is 742 Å². The number of anilines is 6. The fourth-order valence-electron chi connectivity index (χ4n) is 17.4. The van der Waals surface area contributed by atoms with E-state index in [2.05, 4.69) is 87.0 Å². The van der Waals surface area contributed by atoms with Crippen molar-refractivity contribution >= 4 is 214 Å². The van der Waals surface area contributed by atoms with Gasteiger partial charge in [-0.3, -0.25) is 79.4 Å². The second-order valence-corrected chi connectivity index (χ2v) is 48.8. The van der Waals surface area contributed by atoms with Crippen molar-refractivity contribution in [2.45, 2.75) is 147 Å². The molecule has 0 aromatic carbocycles. The quantitative estimate of drug-likeness (QED) is 0.0820. The van der Waals surface area contributed by atoms with Crippen LogP contribution in [0.2, 0.25) is 0 Å². The van der Waals surface area contributed by atoms with Gasteiger partial charge in [-0.25, -0.2) is 58.2 Å². The van der Waals surface area contributed by atoms with Crippen molar-refractivity contribution in [2.75, 3.05) is 87.3 Å². The van der Waals surface area contributed by atoms with E-state index >= 15 is 8.78 Å². The van der Waals surface area contributed by atoms with Gasteiger partial charge in [0.25, 0.3) is 16.7 Å². The number of hydrogen-bond donors (Lipinski definition) is 15. The summed E-state index contributed by atoms with van der Waals surface area (Å²) in [5.41, 5.74) is 34.1. The molecule has 11 aliphatic heterocycles. The summed E-state index contributed by atoms with van der Waals surface area (Å²) in [4.78, 5) is 150. The Balaban J connectivity index is 0.000000121. The van der Waals surface area contributed by atoms with Crippen LogP contribution >= 0.6 is 52.6 Å². The third kappa shape index (κ3) is 17.5. The molecule has 6 unspecified atom stereocenters. The lowest BCUT2D eigenvalue weighted by atomic mass is 10.0. The maximum atomic E-state index is 16.0. The summed E-state index contributed by atoms with van der Waals surface area (Å²) in [7, 11) is 0. The minimum atomic E-state index is -4.48. The number of fused-ring (bicyclic) bond motifs is 13. The Morgan fingerprint density at radius 3 is 1.16 bits per heavy atom. The molecule has 20 N–H and O–H groups in total. The number of aromatic nitrogens is 21. The van der Waals surface area contributed by atoms with Gasteiger partial charge in [0.1, 0.15) is 88.8 Å². The minimum Gasteiger partial charge on any atom is -0.397 e. The van der Waals surface area contributed by atoms with Crippen LogP contribution in [0.1, 0.15) is 50.2 Å². The van der Waals surface area contributed by atoms with Gasteiger partial charge in [-0.2, -0.15) is 15.0 Å². The van der Waals surface area contributed by atoms with E-state index in [9.17, 15) is 43.4 Å². The van der Waals surface area contributed by atoms with Gasteiger partial charge in [0.05, 0.1) is 120 Å². The normalized spacial score (nSPS) is 38.3. The lowest BCUT2D eigenvalue weighted by Crippen LogP contribution is -2.45. The summed E-state index contributed by atoms with van der Waals surface area (Å²) in [5, 5.41) is 0. The van der Waals surface area contributed by atoms with Crippen LogP contribution in [0.4, 0.5) is 43.7 Å². The molecule has 23 rings (SSSR count). The van der Waals surface area contributed by atoms with Crippen LogP contribution in [0.15, 0.2) is 89.1 Å². The molecular formula is C65H73F2N27O29P6S6. The van der Waals surface area contributed by atoms with E-state index in [0.717, 1.165) is 10.9 Å². The molecule has 23 heterocycles. The molecule has 11 saturated heterocycles. The van der Waals surface area contributed by atoms with E-state index in [0.29, 0.717) is 33.7 Å². The molecule has 12 aromatic rings. The first-order valence-corrected chi connectivity index (χ1v) is 55.6. The predicted molar refractivity (Wildman–Crippen MR) is 477 cm³/mol. The molecule has 0 spiro atoms. The lowest BCUT2D eigenvalue weighted by molar-refractivity contribution is -0.183. The van der Waals surface area contributed by atoms with Gasteiger partial charge in [0, 0.05) is 31.4 Å². The van der Waals surface area contributed by atoms with Crippen LogP contribution in [-0.2, 0) is 156 Å². The van der Waals surface area contributed by atoms with Crippen molar-refractivity contribution in [1.82, 2.24) is 102 Å². The molecule has 0 aliphatic carbocycles. The molecule has 28 atom stereocenters. The number of alkyl halides is 2. The average Bonchev–Trinajstić information content (AvgIpc) is 1.56. The van der Waals surface area contributed by atoms with Gasteiger partial charge in [-0.15, -0.1) is 0 Å². The molecule has 70 heteroatoms. The van der Waals surface area contributed by atoms with E-state index in [1.54, 1.807) is 21.3 Å². The van der Waals surface area contributed by atoms with Crippen LogP contribution in [0, 0.1) is 0 Å². The number of ether oxygens (including phenoxy) is 8. The molecule has 11 fully saturated rings. The van der Waals surface area contributed by atoms with Crippen molar-refractivity contribution in [3.8, 4) is 0 Å². The Labute approximate surface area is 781 Å². The molecule has 12 aromatic heterocycles. The van der Waals surface area contributed by atoms with E-state index in [1.165, 1.54) is 70.0 Å². The van der Waals surface area contributed by atoms with Crippen LogP contribution in [-0.4, -0.2) is 276 Å². The third-order valence-corrected chi connectivity index (χ3v) is 32.8. The van der Waals surface area contributed by atoms with E-state index in [-0.39, 0.29) is 121 Å². The molecule has 722 valence electrons. The van der Waals surface area contributed by atoms with Gasteiger partial charge in [-0.1, -0.05) is 12.2 Å². The summed E-state index contributed by atoms with van der Waals surface area (Å²) in [6.07, 6.45) is -11.1. The molecule has 135 heavy (non-hydrogen) atoms. The first-order valence-electron chi connectivity index (χ1n) is 40.0. The number of thiol groups is 1. The first-order chi connectivity index (χ1) is 64.2. The second kappa shape index (κ2) is 35.0. The van der Waals surface area contributed by atoms with Crippen molar-refractivity contribution in [2.24, 2.45) is 0 Å². The number of H-pyrrole nitrogens is 3. The Morgan fingerprint density at radius 2 is 0.741 bits per heavy atom. The van der Waals surface area contributed by atoms with E-state index < -0.39 is 204 Å². The summed E-state index contributed by atoms with van der Waals surface area (Å²) < 4.78 is 172. The zero-order valence-corrected chi connectivity index (χ0v) is 78.4. The van der Waals surface area contributed by atoms with Crippen molar-refractivity contribution in [1.29, 1.82) is 0 Å². The number of nitrogens with one attached hydrogen (secondary N) is 3. The van der Waals surface area contributed by atoms with Crippen molar-refractivity contribution in [3.05, 3.63) is 106 Å². The molecule has 10 bridgehead atoms. The summed E-state index contributed by atoms with van der Waals surface area (Å²) in [5.74, 6) is -0.531. The Kier molecular flexibility index (Phi) is 24.3. The number of rotatable bonds is 6. The molecule has 11 aliphatic rings. The Bertz CT molecular complexity index is 6980. The molecule has 0 amide bonds. The van der Waals surface area contributed by atoms with Gasteiger partial charge in [-0.05, 0) is 77.2 Å². The maximum absolute atomic E-state index is 16.0. The van der Waals surface area contributed by atoms with Gasteiger partial charge >= 0.3 is 40.4 Å². The third-order valence-electron chi connectivity index (χ3n) is 23.4. The van der Waals surface area contributed by atoms with Crippen LogP contribution < -0.4 is 51.1 Å². The summed E-state index contributed by atoms with van der Waals surface area (Å²) >= 11 is 30.8. The number of pyridine rings is 3. The average molecular weight is 2110 g/mol. The van der Waals surface area contributed by atoms with Gasteiger partial charge in [0.15, 0.2) is 100 Å². The second-order valence-electron chi connectivity index (χ2n) is 32.0. The highest BCUT2D eigenvalue weighted by molar-refractivity contribution is 8.44. The van der Waals surface area contributed by atoms with Crippen LogP contribution in [0.5, 0.6) is 0 Å². The lowest BCUT2D eigenvalue weighted by Gasteiger charge is -2.33. The highest BCUT2D eigenvalue weighted by Crippen LogP contribution is 2.64. The number of hydrogen-bond acceptors (Lipinski definition) is 47. The number of imidazole rings is 6. The summed E-state index contributed by atoms with van der Waals surface area (Å²) in [6.45, 7) is -27.4. The monoisotopic (exact) mass is 2110 g/mol. The highest BCUT2D eigenvalue weighted by atomic mass is 32.7. The number of nitrogen functional groups attached to an aromatic ring is 6. The zero-order valence-electron chi connectivity index (χ0n) is 68.0. The Hall–Kier alpha value is -7.60. The highest BCUT2D eigenvalue weighted by Gasteiger charge is 2.68. The fourth-order valence-corrected chi connectivity index (χ4v) is 26.2. The number of aromatic amines is 3. The standard InChI is InChI=1S/2C22H25N9O10P2S2.C21H23F2N9O9P2S2/c2*23-10-1-2-25-16-12(10)26-7-30(16)20-14-15-22(39-20,5-35-14)6-37-43(34,45)40-11-3-9(4-36-42(33,44)41-15)38-19(11)31-8-27-13-17(31)28-21(24)29-18(13)32;22-10-8-3-36-42(34,44)40-14-9(39-19(11(14)23)31-5-27-12-7(24)1-2-26-16(12)31)4-37-43(35,45)41-15(10)20(38-8)32-6-28-13-17(32)29-21(25)30-18(13)33/h2*1-2,7-9,11,14-15,19-20H,3-6H2,(H2,23,25)(H,33,44)(H,34,45)(H3,24,28,29,32);1-2,5-6,8-11,14-15,19-20H,3-4H2,(H2,24,26)(H,34,44)(H,35,45)(H3,25,29,30,33)/t2*9-,11+,14+,15-,19+,20+,22+,42?,43?;8-,9-,10-,11+,14-,15-,19-,20-,42?,43?/m001/s1. The van der Waals surface area contributed by atoms with Crippen molar-refractivity contribution in [3.63, 3.8) is 0 Å². The molecule has 0 radical (unpaired) electrons. The Morgan fingerprint density at radius 1 is 0.385 bits per heavy atom. The molecule has 56 nitrogen and oxygen atoms in total. The smallest absolute Gasteiger partial charge is 0.386 e. The molecule has 0 saturated carbocycles. The number of nitrogens with two attached hydrogens (primary N) is 6. The number of halogens is 2. The van der Waals surface area contributed by atoms with Crippen molar-refractivity contribution < 1.29 is 130 Å². The fraction of sp³-hybridized carbons (Fsp3) is 0.492. The number of nitrogens with zero attached hydrogens (tertiary/aromatic N) is 18.